The van der Waals surface area contributed by atoms with Gasteiger partial charge in [0.05, 0.1) is 11.6 Å². The number of halogens is 1. The smallest absolute Gasteiger partial charge is 0.341 e. The number of carboxylic acid groups (broad SMARTS) is 1. The third-order valence-electron chi connectivity index (χ3n) is 5.63. The molecule has 1 aliphatic heterocycles. The first kappa shape index (κ1) is 22.3. The summed E-state index contributed by atoms with van der Waals surface area (Å²) < 4.78 is 18.6. The Balaban J connectivity index is 1.65. The minimum absolute atomic E-state index is 0.0661. The van der Waals surface area contributed by atoms with E-state index in [2.05, 4.69) is 5.32 Å². The van der Waals surface area contributed by atoms with Crippen molar-refractivity contribution >= 4 is 17.8 Å². The highest BCUT2D eigenvalue weighted by molar-refractivity contribution is 6.08. The maximum Gasteiger partial charge on any atom is 0.341 e. The summed E-state index contributed by atoms with van der Waals surface area (Å²) in [6.45, 7) is -0.172. The molecule has 1 saturated carbocycles. The zero-order chi connectivity index (χ0) is 23.5. The van der Waals surface area contributed by atoms with Gasteiger partial charge >= 0.3 is 5.97 Å². The number of ether oxygens (including phenoxy) is 1. The highest BCUT2D eigenvalue weighted by Crippen LogP contribution is 2.43. The first-order chi connectivity index (χ1) is 15.8. The van der Waals surface area contributed by atoms with Crippen molar-refractivity contribution in [2.75, 3.05) is 13.2 Å². The molecule has 172 valence electrons. The van der Waals surface area contributed by atoms with Gasteiger partial charge in [-0.1, -0.05) is 30.3 Å². The topological polar surface area (TPSA) is 116 Å². The van der Waals surface area contributed by atoms with Crippen molar-refractivity contribution in [3.8, 4) is 5.75 Å². The molecule has 0 aromatic heterocycles. The Morgan fingerprint density at radius 1 is 1.12 bits per heavy atom. The van der Waals surface area contributed by atoms with Gasteiger partial charge in [-0.25, -0.2) is 9.18 Å². The Bertz CT molecular complexity index is 1110. The summed E-state index contributed by atoms with van der Waals surface area (Å²) in [4.78, 5) is 38.5. The fourth-order valence-electron chi connectivity index (χ4n) is 3.83. The van der Waals surface area contributed by atoms with E-state index in [4.69, 9.17) is 9.84 Å². The van der Waals surface area contributed by atoms with Crippen LogP contribution in [0.25, 0.3) is 0 Å². The zero-order valence-electron chi connectivity index (χ0n) is 17.7. The summed E-state index contributed by atoms with van der Waals surface area (Å²) in [6, 6.07) is 11.2. The van der Waals surface area contributed by atoms with E-state index in [1.807, 2.05) is 0 Å². The van der Waals surface area contributed by atoms with Crippen LogP contribution in [0, 0.1) is 11.7 Å². The van der Waals surface area contributed by atoms with Crippen LogP contribution in [-0.4, -0.2) is 46.0 Å². The number of nitrogens with zero attached hydrogens (tertiary/aromatic N) is 1. The van der Waals surface area contributed by atoms with Gasteiger partial charge in [0.1, 0.15) is 11.6 Å². The van der Waals surface area contributed by atoms with Crippen LogP contribution in [0.3, 0.4) is 0 Å². The van der Waals surface area contributed by atoms with Crippen LogP contribution < -0.4 is 10.1 Å². The van der Waals surface area contributed by atoms with Crippen molar-refractivity contribution < 1.29 is 33.7 Å². The number of amides is 2. The molecular weight excluding hydrogens is 431 g/mol. The molecule has 0 bridgehead atoms. The van der Waals surface area contributed by atoms with Gasteiger partial charge in [0.15, 0.2) is 12.4 Å². The number of aliphatic hydroxyl groups excluding tert-OH is 1. The second kappa shape index (κ2) is 9.32. The van der Waals surface area contributed by atoms with E-state index in [0.717, 1.165) is 12.8 Å². The van der Waals surface area contributed by atoms with Crippen molar-refractivity contribution in [2.24, 2.45) is 5.92 Å². The largest absolute Gasteiger partial charge is 0.503 e. The van der Waals surface area contributed by atoms with Gasteiger partial charge in [-0.15, -0.1) is 0 Å². The molecule has 33 heavy (non-hydrogen) atoms. The maximum atomic E-state index is 13.1. The average Bonchev–Trinajstić information content (AvgIpc) is 3.59. The Morgan fingerprint density at radius 2 is 1.82 bits per heavy atom. The normalized spacial score (nSPS) is 17.9. The summed E-state index contributed by atoms with van der Waals surface area (Å²) in [7, 11) is 0. The van der Waals surface area contributed by atoms with E-state index in [0.29, 0.717) is 17.7 Å². The summed E-state index contributed by atoms with van der Waals surface area (Å²) >= 11 is 0. The molecule has 2 amide bonds. The van der Waals surface area contributed by atoms with Crippen molar-refractivity contribution in [1.82, 2.24) is 10.2 Å². The Hall–Kier alpha value is -3.88. The van der Waals surface area contributed by atoms with Crippen molar-refractivity contribution in [3.05, 3.63) is 76.8 Å². The predicted octanol–water partition coefficient (Wildman–Crippen LogP) is 2.71. The Labute approximate surface area is 189 Å². The van der Waals surface area contributed by atoms with Gasteiger partial charge in [0.2, 0.25) is 0 Å². The summed E-state index contributed by atoms with van der Waals surface area (Å²) in [5.74, 6) is -3.05. The highest BCUT2D eigenvalue weighted by Gasteiger charge is 2.46. The van der Waals surface area contributed by atoms with Crippen LogP contribution in [0.1, 0.15) is 30.0 Å². The number of aliphatic carboxylic acids is 1. The molecule has 3 N–H and O–H groups in total. The van der Waals surface area contributed by atoms with Crippen molar-refractivity contribution in [3.63, 3.8) is 0 Å². The second-order valence-corrected chi connectivity index (χ2v) is 8.10. The van der Waals surface area contributed by atoms with Crippen molar-refractivity contribution in [2.45, 2.75) is 25.4 Å². The summed E-state index contributed by atoms with van der Waals surface area (Å²) in [5.41, 5.74) is 0.920. The minimum atomic E-state index is -1.17. The van der Waals surface area contributed by atoms with Gasteiger partial charge in [-0.3, -0.25) is 9.59 Å². The first-order valence-electron chi connectivity index (χ1n) is 10.6. The number of carboxylic acids is 1. The van der Waals surface area contributed by atoms with Crippen molar-refractivity contribution in [1.29, 1.82) is 0 Å². The average molecular weight is 454 g/mol. The molecule has 0 radical (unpaired) electrons. The SMILES string of the molecule is O=C(O)COc1ccccc1C1C(C(=O)NCc2ccc(F)cc2)=C(O)C(=O)N1CC1CC1. The molecule has 1 aliphatic carbocycles. The second-order valence-electron chi connectivity index (χ2n) is 8.10. The molecule has 2 aromatic carbocycles. The van der Waals surface area contributed by atoms with Crippen LogP contribution in [0.2, 0.25) is 0 Å². The molecule has 0 saturated heterocycles. The van der Waals surface area contributed by atoms with E-state index < -0.39 is 42.0 Å². The monoisotopic (exact) mass is 454 g/mol. The lowest BCUT2D eigenvalue weighted by atomic mass is 9.97. The van der Waals surface area contributed by atoms with E-state index >= 15 is 0 Å². The molecule has 4 rings (SSSR count). The number of para-hydroxylation sites is 1. The Morgan fingerprint density at radius 3 is 2.48 bits per heavy atom. The molecule has 2 aromatic rings. The highest BCUT2D eigenvalue weighted by atomic mass is 19.1. The maximum absolute atomic E-state index is 13.1. The van der Waals surface area contributed by atoms with E-state index in [-0.39, 0.29) is 23.8 Å². The van der Waals surface area contributed by atoms with Gasteiger partial charge in [-0.05, 0) is 42.5 Å². The number of nitrogens with one attached hydrogen (secondary N) is 1. The van der Waals surface area contributed by atoms with Crippen LogP contribution in [0.15, 0.2) is 59.9 Å². The third kappa shape index (κ3) is 4.97. The number of benzene rings is 2. The number of hydrogen-bond donors (Lipinski definition) is 3. The third-order valence-corrected chi connectivity index (χ3v) is 5.63. The number of carbonyl (C=O) groups is 3. The molecule has 1 unspecified atom stereocenters. The fourth-order valence-corrected chi connectivity index (χ4v) is 3.83. The summed E-state index contributed by atoms with van der Waals surface area (Å²) in [6.07, 6.45) is 1.89. The number of carbonyl (C=O) groups excluding carboxylic acids is 2. The van der Waals surface area contributed by atoms with Gasteiger partial charge in [0.25, 0.3) is 11.8 Å². The van der Waals surface area contributed by atoms with E-state index in [1.165, 1.54) is 29.2 Å². The van der Waals surface area contributed by atoms with Gasteiger partial charge in [-0.2, -0.15) is 0 Å². The van der Waals surface area contributed by atoms with Gasteiger partial charge in [0, 0.05) is 18.7 Å². The molecule has 2 aliphatic rings. The Kier molecular flexibility index (Phi) is 6.30. The predicted molar refractivity (Wildman–Crippen MR) is 115 cm³/mol. The van der Waals surface area contributed by atoms with E-state index in [9.17, 15) is 23.9 Å². The lowest BCUT2D eigenvalue weighted by Gasteiger charge is -2.28. The zero-order valence-corrected chi connectivity index (χ0v) is 17.7. The fraction of sp³-hybridized carbons (Fsp3) is 0.292. The molecule has 9 heteroatoms. The molecule has 8 nitrogen and oxygen atoms in total. The quantitative estimate of drug-likeness (QED) is 0.537. The van der Waals surface area contributed by atoms with Crippen LogP contribution in [-0.2, 0) is 20.9 Å². The lowest BCUT2D eigenvalue weighted by Crippen LogP contribution is -2.35. The molecule has 0 spiro atoms. The lowest BCUT2D eigenvalue weighted by molar-refractivity contribution is -0.139. The number of hydrogen-bond acceptors (Lipinski definition) is 5. The standard InChI is InChI=1S/C24H23FN2O6/c25-16-9-7-14(8-10-16)11-26-23(31)20-21(27(12-15-5-6-15)24(32)22(20)30)17-3-1-2-4-18(17)33-13-19(28)29/h1-4,7-10,15,21,30H,5-6,11-13H2,(H,26,31)(H,28,29). The van der Waals surface area contributed by atoms with Crippen LogP contribution in [0.5, 0.6) is 5.75 Å². The van der Waals surface area contributed by atoms with Crippen LogP contribution in [0.4, 0.5) is 4.39 Å². The number of rotatable bonds is 9. The van der Waals surface area contributed by atoms with Crippen LogP contribution >= 0.6 is 0 Å². The number of aliphatic hydroxyl groups is 1. The molecule has 1 fully saturated rings. The molecule has 1 atom stereocenters. The first-order valence-corrected chi connectivity index (χ1v) is 10.6. The van der Waals surface area contributed by atoms with Gasteiger partial charge < -0.3 is 25.2 Å². The minimum Gasteiger partial charge on any atom is -0.503 e. The molecular formula is C24H23FN2O6. The van der Waals surface area contributed by atoms with E-state index in [1.54, 1.807) is 24.3 Å². The molecule has 1 heterocycles. The summed E-state index contributed by atoms with van der Waals surface area (Å²) in [5, 5.41) is 22.3.